The zero-order valence-electron chi connectivity index (χ0n) is 38.9. The highest BCUT2D eigenvalue weighted by Gasteiger charge is 2.15. The summed E-state index contributed by atoms with van der Waals surface area (Å²) in [5.41, 5.74) is 0. The molecule has 2 unspecified atom stereocenters. The Bertz CT molecular complexity index is 741. The lowest BCUT2D eigenvalue weighted by Crippen LogP contribution is -2.28. The van der Waals surface area contributed by atoms with E-state index in [1.807, 2.05) is 0 Å². The minimum Gasteiger partial charge on any atom is -0.465 e. The van der Waals surface area contributed by atoms with E-state index in [1.54, 1.807) is 0 Å². The normalized spacial score (nSPS) is 12.7. The molecule has 5 nitrogen and oxygen atoms in total. The van der Waals surface area contributed by atoms with Crippen LogP contribution >= 0.6 is 0 Å². The second-order valence-corrected chi connectivity index (χ2v) is 17.8. The molecule has 0 aromatic heterocycles. The Kier molecular flexibility index (Phi) is 44.1. The highest BCUT2D eigenvalue weighted by Crippen LogP contribution is 2.22. The van der Waals surface area contributed by atoms with Crippen molar-refractivity contribution >= 4 is 11.9 Å². The molecule has 0 rings (SSSR count). The SMILES string of the molecule is CCCCCCCCCCC(CCCCCCCC)COC(=O)CCCN(CCC)CCCC(=O)OCC(CCCCCCCC)CCCCCCCCCC. The average molecular weight is 792 g/mol. The molecule has 0 aliphatic heterocycles. The molecular weight excluding hydrogens is 691 g/mol. The van der Waals surface area contributed by atoms with E-state index in [4.69, 9.17) is 9.47 Å². The van der Waals surface area contributed by atoms with Crippen LogP contribution in [0.3, 0.4) is 0 Å². The fourth-order valence-electron chi connectivity index (χ4n) is 8.29. The quantitative estimate of drug-likeness (QED) is 0.0454. The monoisotopic (exact) mass is 792 g/mol. The van der Waals surface area contributed by atoms with Crippen molar-refractivity contribution in [2.24, 2.45) is 11.8 Å². The lowest BCUT2D eigenvalue weighted by molar-refractivity contribution is -0.146. The third-order valence-electron chi connectivity index (χ3n) is 12.1. The van der Waals surface area contributed by atoms with Gasteiger partial charge < -0.3 is 14.4 Å². The van der Waals surface area contributed by atoms with Crippen molar-refractivity contribution in [1.82, 2.24) is 4.90 Å². The largest absolute Gasteiger partial charge is 0.465 e. The molecule has 0 saturated heterocycles. The Balaban J connectivity index is 4.55. The average Bonchev–Trinajstić information content (AvgIpc) is 3.19. The van der Waals surface area contributed by atoms with Crippen LogP contribution in [0.5, 0.6) is 0 Å². The number of hydrogen-bond donors (Lipinski definition) is 0. The minimum atomic E-state index is -0.0311. The van der Waals surface area contributed by atoms with Gasteiger partial charge >= 0.3 is 11.9 Å². The number of carbonyl (C=O) groups is 2. The van der Waals surface area contributed by atoms with Crippen LogP contribution in [-0.2, 0) is 19.1 Å². The van der Waals surface area contributed by atoms with E-state index in [-0.39, 0.29) is 11.9 Å². The molecule has 0 heterocycles. The minimum absolute atomic E-state index is 0.0311. The maximum atomic E-state index is 12.8. The smallest absolute Gasteiger partial charge is 0.305 e. The summed E-state index contributed by atoms with van der Waals surface area (Å²) >= 11 is 0. The maximum absolute atomic E-state index is 12.8. The summed E-state index contributed by atoms with van der Waals surface area (Å²) in [6.45, 7) is 15.3. The van der Waals surface area contributed by atoms with Crippen LogP contribution in [0.2, 0.25) is 0 Å². The number of carbonyl (C=O) groups excluding carboxylic acids is 2. The second-order valence-electron chi connectivity index (χ2n) is 17.8. The molecule has 0 radical (unpaired) electrons. The van der Waals surface area contributed by atoms with Crippen LogP contribution in [0.15, 0.2) is 0 Å². The van der Waals surface area contributed by atoms with Crippen molar-refractivity contribution in [3.63, 3.8) is 0 Å². The molecule has 0 aliphatic carbocycles. The van der Waals surface area contributed by atoms with E-state index in [0.717, 1.165) is 38.9 Å². The highest BCUT2D eigenvalue weighted by atomic mass is 16.5. The summed E-state index contributed by atoms with van der Waals surface area (Å²) in [6.07, 6.45) is 45.8. The summed E-state index contributed by atoms with van der Waals surface area (Å²) in [7, 11) is 0. The molecule has 0 N–H and O–H groups in total. The number of unbranched alkanes of at least 4 members (excludes halogenated alkanes) is 24. The molecule has 2 atom stereocenters. The van der Waals surface area contributed by atoms with Crippen molar-refractivity contribution in [2.45, 2.75) is 272 Å². The van der Waals surface area contributed by atoms with Crippen LogP contribution in [0, 0.1) is 11.8 Å². The van der Waals surface area contributed by atoms with Crippen LogP contribution in [0.1, 0.15) is 272 Å². The predicted octanol–water partition coefficient (Wildman–Crippen LogP) is 16.1. The van der Waals surface area contributed by atoms with Gasteiger partial charge in [-0.1, -0.05) is 214 Å². The van der Waals surface area contributed by atoms with Gasteiger partial charge in [-0.3, -0.25) is 9.59 Å². The molecule has 0 fully saturated rings. The van der Waals surface area contributed by atoms with Crippen molar-refractivity contribution < 1.29 is 19.1 Å². The highest BCUT2D eigenvalue weighted by molar-refractivity contribution is 5.69. The van der Waals surface area contributed by atoms with Crippen LogP contribution in [0.25, 0.3) is 0 Å². The van der Waals surface area contributed by atoms with E-state index in [0.29, 0.717) is 37.9 Å². The topological polar surface area (TPSA) is 55.8 Å². The van der Waals surface area contributed by atoms with Crippen LogP contribution in [-0.4, -0.2) is 49.7 Å². The van der Waals surface area contributed by atoms with Gasteiger partial charge in [0, 0.05) is 12.8 Å². The molecule has 5 heteroatoms. The summed E-state index contributed by atoms with van der Waals surface area (Å²) < 4.78 is 11.8. The molecule has 0 spiro atoms. The maximum Gasteiger partial charge on any atom is 0.305 e. The fraction of sp³-hybridized carbons (Fsp3) is 0.961. The predicted molar refractivity (Wildman–Crippen MR) is 245 cm³/mol. The summed E-state index contributed by atoms with van der Waals surface area (Å²) in [4.78, 5) is 28.1. The number of rotatable bonds is 46. The van der Waals surface area contributed by atoms with E-state index >= 15 is 0 Å². The first-order chi connectivity index (χ1) is 27.5. The Morgan fingerprint density at radius 3 is 0.875 bits per heavy atom. The zero-order valence-corrected chi connectivity index (χ0v) is 38.9. The Hall–Kier alpha value is -1.10. The lowest BCUT2D eigenvalue weighted by Gasteiger charge is -2.22. The van der Waals surface area contributed by atoms with E-state index in [1.165, 1.54) is 205 Å². The molecule has 56 heavy (non-hydrogen) atoms. The van der Waals surface area contributed by atoms with Gasteiger partial charge in [-0.15, -0.1) is 0 Å². The molecule has 0 saturated carbocycles. The van der Waals surface area contributed by atoms with Gasteiger partial charge in [0.1, 0.15) is 0 Å². The Morgan fingerprint density at radius 2 is 0.607 bits per heavy atom. The zero-order chi connectivity index (χ0) is 41.0. The Morgan fingerprint density at radius 1 is 0.339 bits per heavy atom. The van der Waals surface area contributed by atoms with Crippen LogP contribution in [0.4, 0.5) is 0 Å². The third kappa shape index (κ3) is 39.7. The molecular formula is C51H101NO4. The number of esters is 2. The number of nitrogens with zero attached hydrogens (tertiary/aromatic N) is 1. The van der Waals surface area contributed by atoms with Gasteiger partial charge in [0.25, 0.3) is 0 Å². The van der Waals surface area contributed by atoms with Crippen LogP contribution < -0.4 is 0 Å². The van der Waals surface area contributed by atoms with Gasteiger partial charge in [0.2, 0.25) is 0 Å². The molecule has 0 aromatic carbocycles. The lowest BCUT2D eigenvalue weighted by atomic mass is 9.94. The van der Waals surface area contributed by atoms with Crippen molar-refractivity contribution in [3.8, 4) is 0 Å². The van der Waals surface area contributed by atoms with E-state index in [2.05, 4.69) is 39.5 Å². The van der Waals surface area contributed by atoms with Gasteiger partial charge in [-0.2, -0.15) is 0 Å². The number of hydrogen-bond acceptors (Lipinski definition) is 5. The molecule has 334 valence electrons. The van der Waals surface area contributed by atoms with Gasteiger partial charge in [-0.05, 0) is 76.4 Å². The standard InChI is InChI=1S/C51H101NO4/c1-6-11-15-19-23-25-29-33-39-48(37-31-27-21-17-13-8-3)46-55-50(53)41-35-44-52(43-10-5)45-36-42-51(54)56-47-49(38-32-28-22-18-14-9-4)40-34-30-26-24-20-16-12-7-2/h48-49H,6-47H2,1-5H3. The summed E-state index contributed by atoms with van der Waals surface area (Å²) in [6, 6.07) is 0. The molecule has 0 amide bonds. The molecule has 0 aliphatic rings. The summed E-state index contributed by atoms with van der Waals surface area (Å²) in [5, 5.41) is 0. The van der Waals surface area contributed by atoms with E-state index in [9.17, 15) is 9.59 Å². The fourth-order valence-corrected chi connectivity index (χ4v) is 8.29. The van der Waals surface area contributed by atoms with Gasteiger partial charge in [0.05, 0.1) is 13.2 Å². The first-order valence-corrected chi connectivity index (χ1v) is 25.5. The molecule has 0 aromatic rings. The number of ether oxygens (including phenoxy) is 2. The first kappa shape index (κ1) is 54.9. The second kappa shape index (κ2) is 45.0. The Labute approximate surface area is 351 Å². The van der Waals surface area contributed by atoms with Gasteiger partial charge in [-0.25, -0.2) is 0 Å². The van der Waals surface area contributed by atoms with E-state index < -0.39 is 0 Å². The van der Waals surface area contributed by atoms with Crippen molar-refractivity contribution in [3.05, 3.63) is 0 Å². The van der Waals surface area contributed by atoms with Crippen molar-refractivity contribution in [1.29, 1.82) is 0 Å². The third-order valence-corrected chi connectivity index (χ3v) is 12.1. The van der Waals surface area contributed by atoms with Gasteiger partial charge in [0.15, 0.2) is 0 Å². The van der Waals surface area contributed by atoms with Crippen molar-refractivity contribution in [2.75, 3.05) is 32.8 Å². The molecule has 0 bridgehead atoms. The first-order valence-electron chi connectivity index (χ1n) is 25.5. The summed E-state index contributed by atoms with van der Waals surface area (Å²) in [5.74, 6) is 0.961.